The molecular weight excluding hydrogens is 208 g/mol. The van der Waals surface area contributed by atoms with E-state index < -0.39 is 0 Å². The highest BCUT2D eigenvalue weighted by Gasteiger charge is 2.14. The van der Waals surface area contributed by atoms with Crippen molar-refractivity contribution in [1.29, 1.82) is 0 Å². The third-order valence-electron chi connectivity index (χ3n) is 2.39. The third kappa shape index (κ3) is 1.77. The first kappa shape index (κ1) is 10.2. The van der Waals surface area contributed by atoms with Crippen molar-refractivity contribution in [3.63, 3.8) is 0 Å². The van der Waals surface area contributed by atoms with Gasteiger partial charge >= 0.3 is 5.13 Å². The maximum atomic E-state index is 5.97. The number of aromatic nitrogens is 1. The average molecular weight is 223 g/mol. The van der Waals surface area contributed by atoms with Crippen LogP contribution in [-0.4, -0.2) is 7.11 Å². The van der Waals surface area contributed by atoms with Gasteiger partial charge in [0.25, 0.3) is 0 Å². The molecule has 1 heterocycles. The van der Waals surface area contributed by atoms with Crippen LogP contribution in [0.5, 0.6) is 5.75 Å². The summed E-state index contributed by atoms with van der Waals surface area (Å²) >= 11 is 1.61. The largest absolute Gasteiger partial charge is 0.497 e. The Labute approximate surface area is 93.1 Å². The SMILES string of the molecule is CCC[n+]1c(N)sc2cc(OC)ccc21. The normalized spacial score (nSPS) is 10.8. The second-order valence-electron chi connectivity index (χ2n) is 3.43. The molecule has 0 amide bonds. The number of anilines is 1. The lowest BCUT2D eigenvalue weighted by atomic mass is 10.3. The van der Waals surface area contributed by atoms with Gasteiger partial charge in [0.15, 0.2) is 0 Å². The Kier molecular flexibility index (Phi) is 2.77. The Bertz CT molecular complexity index is 479. The van der Waals surface area contributed by atoms with Crippen LogP contribution >= 0.6 is 11.3 Å². The van der Waals surface area contributed by atoms with Crippen molar-refractivity contribution in [1.82, 2.24) is 0 Å². The molecule has 1 aromatic carbocycles. The van der Waals surface area contributed by atoms with Gasteiger partial charge in [-0.1, -0.05) is 6.92 Å². The maximum Gasteiger partial charge on any atom is 0.332 e. The van der Waals surface area contributed by atoms with Gasteiger partial charge in [-0.3, -0.25) is 5.73 Å². The van der Waals surface area contributed by atoms with Crippen molar-refractivity contribution in [2.24, 2.45) is 0 Å². The van der Waals surface area contributed by atoms with Gasteiger partial charge in [-0.15, -0.1) is 0 Å². The highest BCUT2D eigenvalue weighted by atomic mass is 32.1. The number of rotatable bonds is 3. The lowest BCUT2D eigenvalue weighted by Gasteiger charge is -1.99. The summed E-state index contributed by atoms with van der Waals surface area (Å²) in [6.45, 7) is 3.12. The fourth-order valence-electron chi connectivity index (χ4n) is 1.67. The molecule has 3 nitrogen and oxygen atoms in total. The Morgan fingerprint density at radius 3 is 2.93 bits per heavy atom. The summed E-state index contributed by atoms with van der Waals surface area (Å²) in [7, 11) is 1.68. The van der Waals surface area contributed by atoms with Crippen molar-refractivity contribution in [2.75, 3.05) is 12.8 Å². The van der Waals surface area contributed by atoms with Crippen molar-refractivity contribution >= 4 is 26.7 Å². The van der Waals surface area contributed by atoms with Crippen LogP contribution in [0.2, 0.25) is 0 Å². The predicted molar refractivity (Wildman–Crippen MR) is 63.3 cm³/mol. The highest BCUT2D eigenvalue weighted by molar-refractivity contribution is 7.21. The quantitative estimate of drug-likeness (QED) is 0.810. The first-order valence-corrected chi connectivity index (χ1v) is 5.83. The molecule has 4 heteroatoms. The van der Waals surface area contributed by atoms with Crippen molar-refractivity contribution in [3.05, 3.63) is 18.2 Å². The van der Waals surface area contributed by atoms with Crippen LogP contribution in [0.4, 0.5) is 5.13 Å². The summed E-state index contributed by atoms with van der Waals surface area (Å²) < 4.78 is 8.52. The van der Waals surface area contributed by atoms with Gasteiger partial charge in [0, 0.05) is 6.07 Å². The topological polar surface area (TPSA) is 39.1 Å². The zero-order valence-corrected chi connectivity index (χ0v) is 9.80. The van der Waals surface area contributed by atoms with Gasteiger partial charge in [0.1, 0.15) is 11.3 Å². The molecule has 1 aromatic heterocycles. The molecule has 0 aliphatic rings. The Morgan fingerprint density at radius 1 is 1.47 bits per heavy atom. The number of nitrogen functional groups attached to an aromatic ring is 1. The van der Waals surface area contributed by atoms with E-state index in [4.69, 9.17) is 10.5 Å². The zero-order valence-electron chi connectivity index (χ0n) is 8.99. The average Bonchev–Trinajstić information content (AvgIpc) is 2.55. The van der Waals surface area contributed by atoms with Crippen LogP contribution in [0.15, 0.2) is 18.2 Å². The van der Waals surface area contributed by atoms with Crippen LogP contribution in [0.25, 0.3) is 10.2 Å². The van der Waals surface area contributed by atoms with Crippen molar-refractivity contribution in [2.45, 2.75) is 19.9 Å². The number of nitrogens with zero attached hydrogens (tertiary/aromatic N) is 1. The molecule has 0 aliphatic heterocycles. The van der Waals surface area contributed by atoms with E-state index in [1.165, 1.54) is 10.2 Å². The van der Waals surface area contributed by atoms with E-state index in [0.29, 0.717) is 0 Å². The van der Waals surface area contributed by atoms with E-state index in [0.717, 1.165) is 23.8 Å². The molecular formula is C11H15N2OS+. The van der Waals surface area contributed by atoms with E-state index in [1.807, 2.05) is 12.1 Å². The number of nitrogens with two attached hydrogens (primary N) is 1. The van der Waals surface area contributed by atoms with Gasteiger partial charge < -0.3 is 4.74 Å². The summed E-state index contributed by atoms with van der Waals surface area (Å²) in [5, 5.41) is 0.861. The lowest BCUT2D eigenvalue weighted by Crippen LogP contribution is -2.34. The molecule has 15 heavy (non-hydrogen) atoms. The van der Waals surface area contributed by atoms with E-state index >= 15 is 0 Å². The molecule has 0 saturated carbocycles. The third-order valence-corrected chi connectivity index (χ3v) is 3.36. The van der Waals surface area contributed by atoms with Gasteiger partial charge in [0.05, 0.1) is 18.4 Å². The Morgan fingerprint density at radius 2 is 2.27 bits per heavy atom. The lowest BCUT2D eigenvalue weighted by molar-refractivity contribution is -0.653. The van der Waals surface area contributed by atoms with E-state index in [-0.39, 0.29) is 0 Å². The standard InChI is InChI=1S/C11H14N2OS/c1-3-6-13-9-5-4-8(14-2)7-10(9)15-11(13)12/h4-5,7,12H,3,6H2,1-2H3/p+1. The molecule has 0 atom stereocenters. The number of hydrogen-bond acceptors (Lipinski definition) is 3. The van der Waals surface area contributed by atoms with Crippen LogP contribution < -0.4 is 15.0 Å². The molecule has 0 saturated heterocycles. The van der Waals surface area contributed by atoms with Gasteiger partial charge in [-0.25, -0.2) is 4.57 Å². The molecule has 80 valence electrons. The summed E-state index contributed by atoms with van der Waals surface area (Å²) in [6, 6.07) is 6.07. The van der Waals surface area contributed by atoms with E-state index in [1.54, 1.807) is 18.4 Å². The second kappa shape index (κ2) is 4.06. The van der Waals surface area contributed by atoms with Crippen LogP contribution in [0.1, 0.15) is 13.3 Å². The van der Waals surface area contributed by atoms with Crippen LogP contribution in [0.3, 0.4) is 0 Å². The summed E-state index contributed by atoms with van der Waals surface area (Å²) in [4.78, 5) is 0. The number of methoxy groups -OCH3 is 1. The molecule has 2 rings (SSSR count). The van der Waals surface area contributed by atoms with Crippen LogP contribution in [0, 0.1) is 0 Å². The monoisotopic (exact) mass is 223 g/mol. The molecule has 0 bridgehead atoms. The molecule has 0 fully saturated rings. The van der Waals surface area contributed by atoms with E-state index in [2.05, 4.69) is 17.6 Å². The minimum Gasteiger partial charge on any atom is -0.497 e. The maximum absolute atomic E-state index is 5.97. The van der Waals surface area contributed by atoms with Crippen molar-refractivity contribution < 1.29 is 9.30 Å². The predicted octanol–water partition coefficient (Wildman–Crippen LogP) is 2.19. The molecule has 0 unspecified atom stereocenters. The summed E-state index contributed by atoms with van der Waals surface area (Å²) in [5.41, 5.74) is 7.17. The molecule has 0 radical (unpaired) electrons. The number of hydrogen-bond donors (Lipinski definition) is 1. The minimum absolute atomic E-state index is 0.861. The summed E-state index contributed by atoms with van der Waals surface area (Å²) in [6.07, 6.45) is 1.09. The zero-order chi connectivity index (χ0) is 10.8. The Hall–Kier alpha value is -1.29. The molecule has 0 spiro atoms. The second-order valence-corrected chi connectivity index (χ2v) is 4.49. The van der Waals surface area contributed by atoms with E-state index in [9.17, 15) is 0 Å². The first-order valence-electron chi connectivity index (χ1n) is 5.02. The highest BCUT2D eigenvalue weighted by Crippen LogP contribution is 2.26. The van der Waals surface area contributed by atoms with Crippen LogP contribution in [-0.2, 0) is 6.54 Å². The van der Waals surface area contributed by atoms with Gasteiger partial charge in [0.2, 0.25) is 0 Å². The number of benzene rings is 1. The smallest absolute Gasteiger partial charge is 0.332 e. The number of fused-ring (bicyclic) bond motifs is 1. The molecule has 2 N–H and O–H groups in total. The van der Waals surface area contributed by atoms with Crippen molar-refractivity contribution in [3.8, 4) is 5.75 Å². The fraction of sp³-hybridized carbons (Fsp3) is 0.364. The molecule has 0 aliphatic carbocycles. The summed E-state index contributed by atoms with van der Waals surface area (Å²) in [5.74, 6) is 0.882. The number of thiazole rings is 1. The van der Waals surface area contributed by atoms with Gasteiger partial charge in [-0.2, -0.15) is 0 Å². The Balaban J connectivity index is 2.58. The number of aryl methyl sites for hydroxylation is 1. The fourth-order valence-corrected chi connectivity index (χ4v) is 2.65. The number of ether oxygens (including phenoxy) is 1. The first-order chi connectivity index (χ1) is 7.26. The van der Waals surface area contributed by atoms with Gasteiger partial charge in [-0.05, 0) is 29.9 Å². The molecule has 2 aromatic rings. The minimum atomic E-state index is 0.861.